The normalized spacial score (nSPS) is 22.1. The molecule has 1 amide bonds. The van der Waals surface area contributed by atoms with Crippen molar-refractivity contribution in [2.75, 3.05) is 16.8 Å². The average Bonchev–Trinajstić information content (AvgIpc) is 3.15. The monoisotopic (exact) mass is 453 g/mol. The smallest absolute Gasteiger partial charge is 0.251 e. The number of benzene rings is 2. The first-order valence-corrected chi connectivity index (χ1v) is 11.9. The van der Waals surface area contributed by atoms with E-state index < -0.39 is 9.84 Å². The number of hydrogen-bond acceptors (Lipinski definition) is 6. The Morgan fingerprint density at radius 1 is 1.21 bits per heavy atom. The number of fused-ring (bicyclic) bond motifs is 1. The lowest BCUT2D eigenvalue weighted by atomic mass is 10.1. The lowest BCUT2D eigenvalue weighted by Crippen LogP contribution is -2.23. The van der Waals surface area contributed by atoms with Crippen LogP contribution in [0.3, 0.4) is 0 Å². The van der Waals surface area contributed by atoms with Gasteiger partial charge >= 0.3 is 0 Å². The molecule has 0 bridgehead atoms. The van der Waals surface area contributed by atoms with Crippen molar-refractivity contribution in [3.8, 4) is 0 Å². The van der Waals surface area contributed by atoms with Crippen LogP contribution in [0.4, 0.5) is 10.1 Å². The zero-order valence-corrected chi connectivity index (χ0v) is 17.5. The number of nitrogens with one attached hydrogen (secondary N) is 2. The third kappa shape index (κ3) is 4.73. The molecule has 10 heteroatoms. The van der Waals surface area contributed by atoms with Crippen molar-refractivity contribution < 1.29 is 17.6 Å². The molecule has 1 saturated heterocycles. The van der Waals surface area contributed by atoms with Gasteiger partial charge in [-0.05, 0) is 35.9 Å². The number of carbonyl (C=O) groups is 1. The highest BCUT2D eigenvalue weighted by atomic mass is 35.5. The summed E-state index contributed by atoms with van der Waals surface area (Å²) in [7, 11) is -3.02. The molecule has 2 aliphatic rings. The summed E-state index contributed by atoms with van der Waals surface area (Å²) in [4.78, 5) is 16.9. The molecule has 1 fully saturated rings. The number of rotatable bonds is 4. The van der Waals surface area contributed by atoms with Crippen LogP contribution in [0.15, 0.2) is 47.5 Å². The molecule has 2 aliphatic heterocycles. The van der Waals surface area contributed by atoms with Crippen molar-refractivity contribution in [3.05, 3.63) is 64.4 Å². The maximum atomic E-state index is 13.0. The van der Waals surface area contributed by atoms with Gasteiger partial charge in [-0.25, -0.2) is 12.8 Å². The van der Waals surface area contributed by atoms with Gasteiger partial charge in [0.2, 0.25) is 0 Å². The van der Waals surface area contributed by atoms with Crippen LogP contribution in [-0.4, -0.2) is 42.3 Å². The molecule has 29 heavy (non-hydrogen) atoms. The first kappa shape index (κ1) is 20.2. The molecule has 0 aromatic heterocycles. The summed E-state index contributed by atoms with van der Waals surface area (Å²) in [5, 5.41) is 6.83. The molecule has 4 rings (SSSR count). The summed E-state index contributed by atoms with van der Waals surface area (Å²) >= 11 is 7.62. The number of sulfone groups is 1. The third-order valence-corrected chi connectivity index (χ3v) is 8.13. The highest BCUT2D eigenvalue weighted by Gasteiger charge is 2.42. The zero-order valence-electron chi connectivity index (χ0n) is 15.1. The molecule has 2 heterocycles. The average molecular weight is 454 g/mol. The van der Waals surface area contributed by atoms with Crippen LogP contribution in [0.25, 0.3) is 0 Å². The zero-order chi connectivity index (χ0) is 20.6. The van der Waals surface area contributed by atoms with Crippen LogP contribution >= 0.6 is 23.4 Å². The quantitative estimate of drug-likeness (QED) is 0.742. The van der Waals surface area contributed by atoms with Gasteiger partial charge < -0.3 is 10.6 Å². The fourth-order valence-electron chi connectivity index (χ4n) is 3.18. The maximum absolute atomic E-state index is 13.0. The number of carbonyl (C=O) groups excluding carboxylic acids is 1. The summed E-state index contributed by atoms with van der Waals surface area (Å²) in [5.74, 6) is -0.438. The Morgan fingerprint density at radius 2 is 1.97 bits per heavy atom. The number of halogens is 2. The molecule has 2 N–H and O–H groups in total. The molecule has 0 unspecified atom stereocenters. The number of nitrogens with zero attached hydrogens (tertiary/aromatic N) is 1. The van der Waals surface area contributed by atoms with E-state index in [9.17, 15) is 17.6 Å². The Bertz CT molecular complexity index is 1090. The van der Waals surface area contributed by atoms with Gasteiger partial charge in [0.05, 0.1) is 28.3 Å². The SMILES string of the molecule is O=C(NCc1ccc(F)cc1)c1ccc(Cl)c(NC2=N[C@@H]3CS(=O)(=O)C[C@@H]3S2)c1. The van der Waals surface area contributed by atoms with Crippen LogP contribution in [-0.2, 0) is 16.4 Å². The number of hydrogen-bond donors (Lipinski definition) is 2. The predicted octanol–water partition coefficient (Wildman–Crippen LogP) is 3.09. The summed E-state index contributed by atoms with van der Waals surface area (Å²) in [6.45, 7) is 0.269. The van der Waals surface area contributed by atoms with E-state index >= 15 is 0 Å². The third-order valence-electron chi connectivity index (χ3n) is 4.65. The Labute approximate surface area is 176 Å². The van der Waals surface area contributed by atoms with E-state index in [0.29, 0.717) is 21.4 Å². The van der Waals surface area contributed by atoms with Crippen LogP contribution in [0.5, 0.6) is 0 Å². The van der Waals surface area contributed by atoms with Gasteiger partial charge in [-0.2, -0.15) is 0 Å². The van der Waals surface area contributed by atoms with E-state index in [0.717, 1.165) is 5.56 Å². The largest absolute Gasteiger partial charge is 0.348 e. The van der Waals surface area contributed by atoms with Crippen LogP contribution in [0.2, 0.25) is 5.02 Å². The van der Waals surface area contributed by atoms with Gasteiger partial charge in [0.25, 0.3) is 5.91 Å². The van der Waals surface area contributed by atoms with Gasteiger partial charge in [-0.3, -0.25) is 9.79 Å². The fraction of sp³-hybridized carbons (Fsp3) is 0.263. The molecule has 2 atom stereocenters. The van der Waals surface area contributed by atoms with Crippen molar-refractivity contribution in [3.63, 3.8) is 0 Å². The van der Waals surface area contributed by atoms with E-state index in [1.54, 1.807) is 30.3 Å². The first-order chi connectivity index (χ1) is 13.8. The van der Waals surface area contributed by atoms with Crippen molar-refractivity contribution in [1.82, 2.24) is 5.32 Å². The van der Waals surface area contributed by atoms with E-state index in [4.69, 9.17) is 11.6 Å². The summed E-state index contributed by atoms with van der Waals surface area (Å²) in [6, 6.07) is 10.5. The van der Waals surface area contributed by atoms with Crippen molar-refractivity contribution in [2.24, 2.45) is 4.99 Å². The second-order valence-electron chi connectivity index (χ2n) is 6.86. The molecule has 2 aromatic carbocycles. The molecule has 0 radical (unpaired) electrons. The second kappa shape index (κ2) is 7.97. The first-order valence-electron chi connectivity index (χ1n) is 8.83. The van der Waals surface area contributed by atoms with Crippen LogP contribution in [0.1, 0.15) is 15.9 Å². The lowest BCUT2D eigenvalue weighted by molar-refractivity contribution is 0.0951. The van der Waals surface area contributed by atoms with Crippen molar-refractivity contribution in [1.29, 1.82) is 0 Å². The number of amides is 1. The van der Waals surface area contributed by atoms with Crippen molar-refractivity contribution >= 4 is 50.0 Å². The van der Waals surface area contributed by atoms with Gasteiger partial charge in [0, 0.05) is 17.4 Å². The minimum atomic E-state index is -3.02. The second-order valence-corrected chi connectivity index (χ2v) is 10.7. The number of aliphatic imine (C=N–C) groups is 1. The van der Waals surface area contributed by atoms with Gasteiger partial charge in [-0.15, -0.1) is 0 Å². The number of thioether (sulfide) groups is 1. The molecular weight excluding hydrogens is 437 g/mol. The highest BCUT2D eigenvalue weighted by molar-refractivity contribution is 8.15. The van der Waals surface area contributed by atoms with Gasteiger partial charge in [0.1, 0.15) is 5.82 Å². The molecule has 0 saturated carbocycles. The molecule has 152 valence electrons. The van der Waals surface area contributed by atoms with Crippen molar-refractivity contribution in [2.45, 2.75) is 17.8 Å². The Hall–Kier alpha value is -2.10. The molecule has 0 aliphatic carbocycles. The molecule has 2 aromatic rings. The maximum Gasteiger partial charge on any atom is 0.251 e. The molecule has 6 nitrogen and oxygen atoms in total. The Balaban J connectivity index is 1.42. The lowest BCUT2D eigenvalue weighted by Gasteiger charge is -2.11. The minimum absolute atomic E-state index is 0.0649. The summed E-state index contributed by atoms with van der Waals surface area (Å²) in [6.07, 6.45) is 0. The Morgan fingerprint density at radius 3 is 2.69 bits per heavy atom. The minimum Gasteiger partial charge on any atom is -0.348 e. The van der Waals surface area contributed by atoms with E-state index in [2.05, 4.69) is 15.6 Å². The standard InChI is InChI=1S/C19H17ClFN3O3S2/c20-14-6-3-12(18(25)22-8-11-1-4-13(21)5-2-11)7-15(14)23-19-24-16-9-29(26,27)10-17(16)28-19/h1-7,16-17H,8-10H2,(H,22,25)(H,23,24)/t16-,17+/m1/s1. The molecular formula is C19H17ClFN3O3S2. The highest BCUT2D eigenvalue weighted by Crippen LogP contribution is 2.35. The fourth-order valence-corrected chi connectivity index (χ4v) is 7.01. The van der Waals surface area contributed by atoms with Gasteiger partial charge in [-0.1, -0.05) is 35.5 Å². The van der Waals surface area contributed by atoms with Gasteiger partial charge in [0.15, 0.2) is 15.0 Å². The summed E-state index contributed by atoms with van der Waals surface area (Å²) < 4.78 is 36.3. The predicted molar refractivity (Wildman–Crippen MR) is 114 cm³/mol. The number of anilines is 1. The summed E-state index contributed by atoms with van der Waals surface area (Å²) in [5.41, 5.74) is 1.71. The van der Waals surface area contributed by atoms with E-state index in [-0.39, 0.29) is 41.1 Å². The van der Waals surface area contributed by atoms with E-state index in [1.807, 2.05) is 0 Å². The van der Waals surface area contributed by atoms with Crippen LogP contribution in [0, 0.1) is 5.82 Å². The Kier molecular flexibility index (Phi) is 5.54. The van der Waals surface area contributed by atoms with E-state index in [1.165, 1.54) is 23.9 Å². The molecule has 0 spiro atoms. The van der Waals surface area contributed by atoms with Crippen LogP contribution < -0.4 is 10.6 Å². The number of amidine groups is 1. The topological polar surface area (TPSA) is 87.6 Å².